The summed E-state index contributed by atoms with van der Waals surface area (Å²) in [5.74, 6) is -0.465. The minimum Gasteiger partial charge on any atom is -0.491 e. The quantitative estimate of drug-likeness (QED) is 0.890. The Morgan fingerprint density at radius 1 is 1.41 bits per heavy atom. The number of carboxylic acid groups (broad SMARTS) is 1. The lowest BCUT2D eigenvalue weighted by Crippen LogP contribution is -2.04. The zero-order valence-corrected chi connectivity index (χ0v) is 11.2. The second-order valence-corrected chi connectivity index (χ2v) is 3.91. The molecule has 0 unspecified atom stereocenters. The number of rotatable bonds is 4. The van der Waals surface area contributed by atoms with E-state index in [1.807, 2.05) is 14.1 Å². The van der Waals surface area contributed by atoms with Gasteiger partial charge >= 0.3 is 5.97 Å². The van der Waals surface area contributed by atoms with Crippen LogP contribution in [0.25, 0.3) is 0 Å². The molecule has 1 rings (SSSR count). The molecule has 0 amide bonds. The predicted molar refractivity (Wildman–Crippen MR) is 69.2 cm³/mol. The molecule has 4 nitrogen and oxygen atoms in total. The smallest absolute Gasteiger partial charge is 0.306 e. The first kappa shape index (κ1) is 16.0. The normalized spacial score (nSPS) is 9.18. The highest BCUT2D eigenvalue weighted by molar-refractivity contribution is 6.35. The van der Waals surface area contributed by atoms with Crippen molar-refractivity contribution in [1.82, 2.24) is 5.32 Å². The highest BCUT2D eigenvalue weighted by Crippen LogP contribution is 2.27. The van der Waals surface area contributed by atoms with Gasteiger partial charge in [-0.2, -0.15) is 0 Å². The molecule has 0 bridgehead atoms. The van der Waals surface area contributed by atoms with Gasteiger partial charge in [0.2, 0.25) is 0 Å². The number of aliphatic carboxylic acids is 1. The summed E-state index contributed by atoms with van der Waals surface area (Å²) in [5.41, 5.74) is 0. The highest BCUT2D eigenvalue weighted by Gasteiger charge is 2.03. The molecule has 0 atom stereocenters. The molecule has 0 fully saturated rings. The van der Waals surface area contributed by atoms with E-state index in [1.165, 1.54) is 0 Å². The molecule has 0 heterocycles. The van der Waals surface area contributed by atoms with Gasteiger partial charge in [0.15, 0.2) is 0 Å². The van der Waals surface area contributed by atoms with Gasteiger partial charge in [-0.05, 0) is 32.3 Å². The van der Waals surface area contributed by atoms with Crippen molar-refractivity contribution in [3.05, 3.63) is 28.2 Å². The highest BCUT2D eigenvalue weighted by atomic mass is 35.5. The first-order valence-electron chi connectivity index (χ1n) is 4.89. The molecule has 0 aliphatic rings. The van der Waals surface area contributed by atoms with Gasteiger partial charge in [0.05, 0.1) is 18.1 Å². The average molecular weight is 280 g/mol. The summed E-state index contributed by atoms with van der Waals surface area (Å²) in [5, 5.41) is 12.0. The van der Waals surface area contributed by atoms with E-state index in [-0.39, 0.29) is 13.0 Å². The van der Waals surface area contributed by atoms with Crippen LogP contribution in [-0.4, -0.2) is 31.8 Å². The van der Waals surface area contributed by atoms with Gasteiger partial charge in [-0.3, -0.25) is 4.79 Å². The molecule has 0 radical (unpaired) electrons. The summed E-state index contributed by atoms with van der Waals surface area (Å²) in [6.45, 7) is 0.0939. The Labute approximate surface area is 110 Å². The maximum absolute atomic E-state index is 10.2. The van der Waals surface area contributed by atoms with Gasteiger partial charge in [0, 0.05) is 5.02 Å². The van der Waals surface area contributed by atoms with Crippen LogP contribution in [-0.2, 0) is 4.79 Å². The zero-order valence-electron chi connectivity index (χ0n) is 9.67. The first-order chi connectivity index (χ1) is 8.01. The molecule has 0 aromatic heterocycles. The van der Waals surface area contributed by atoms with Crippen LogP contribution >= 0.6 is 23.2 Å². The number of halogens is 2. The Morgan fingerprint density at radius 2 is 2.00 bits per heavy atom. The zero-order chi connectivity index (χ0) is 13.3. The molecule has 1 aromatic rings. The third-order valence-electron chi connectivity index (χ3n) is 1.47. The van der Waals surface area contributed by atoms with Crippen LogP contribution in [0.3, 0.4) is 0 Å². The van der Waals surface area contributed by atoms with E-state index >= 15 is 0 Å². The molecule has 0 aliphatic carbocycles. The van der Waals surface area contributed by atoms with E-state index in [4.69, 9.17) is 33.0 Å². The van der Waals surface area contributed by atoms with E-state index in [0.29, 0.717) is 15.8 Å². The standard InChI is InChI=1S/C9H8Cl2O3.C2H7N/c10-6-1-2-8(7(11)5-6)14-4-3-9(12)13;1-3-2/h1-2,5H,3-4H2,(H,12,13);3H,1-2H3. The SMILES string of the molecule is CNC.O=C(O)CCOc1ccc(Cl)cc1Cl. The molecule has 1 aromatic carbocycles. The van der Waals surface area contributed by atoms with Crippen molar-refractivity contribution in [1.29, 1.82) is 0 Å². The molecule has 0 saturated heterocycles. The van der Waals surface area contributed by atoms with Crippen LogP contribution < -0.4 is 10.1 Å². The van der Waals surface area contributed by atoms with Gasteiger partial charge < -0.3 is 15.2 Å². The maximum Gasteiger partial charge on any atom is 0.306 e. The van der Waals surface area contributed by atoms with Gasteiger partial charge in [-0.25, -0.2) is 0 Å². The van der Waals surface area contributed by atoms with Crippen LogP contribution in [0.15, 0.2) is 18.2 Å². The number of nitrogens with one attached hydrogen (secondary N) is 1. The number of carboxylic acids is 1. The lowest BCUT2D eigenvalue weighted by molar-refractivity contribution is -0.137. The average Bonchev–Trinajstić information content (AvgIpc) is 2.22. The second-order valence-electron chi connectivity index (χ2n) is 3.07. The van der Waals surface area contributed by atoms with E-state index < -0.39 is 5.97 Å². The van der Waals surface area contributed by atoms with Crippen LogP contribution in [0.5, 0.6) is 5.75 Å². The topological polar surface area (TPSA) is 58.6 Å². The van der Waals surface area contributed by atoms with Crippen molar-refractivity contribution in [2.75, 3.05) is 20.7 Å². The fraction of sp³-hybridized carbons (Fsp3) is 0.364. The monoisotopic (exact) mass is 279 g/mol. The Morgan fingerprint density at radius 3 is 2.47 bits per heavy atom. The summed E-state index contributed by atoms with van der Waals surface area (Å²) < 4.78 is 5.13. The Kier molecular flexibility index (Phi) is 8.58. The van der Waals surface area contributed by atoms with Crippen molar-refractivity contribution in [2.24, 2.45) is 0 Å². The molecule has 17 heavy (non-hydrogen) atoms. The number of carbonyl (C=O) groups is 1. The largest absolute Gasteiger partial charge is 0.491 e. The lowest BCUT2D eigenvalue weighted by atomic mass is 10.3. The summed E-state index contributed by atoms with van der Waals surface area (Å²) >= 11 is 11.5. The van der Waals surface area contributed by atoms with Crippen molar-refractivity contribution < 1.29 is 14.6 Å². The Bertz CT molecular complexity index is 359. The summed E-state index contributed by atoms with van der Waals surface area (Å²) in [6, 6.07) is 4.77. The van der Waals surface area contributed by atoms with Crippen molar-refractivity contribution in [2.45, 2.75) is 6.42 Å². The summed E-state index contributed by atoms with van der Waals surface area (Å²) in [4.78, 5) is 10.2. The molecule has 6 heteroatoms. The predicted octanol–water partition coefficient (Wildman–Crippen LogP) is 2.68. The van der Waals surface area contributed by atoms with Crippen molar-refractivity contribution >= 4 is 29.2 Å². The lowest BCUT2D eigenvalue weighted by Gasteiger charge is -2.06. The van der Waals surface area contributed by atoms with Crippen LogP contribution in [0, 0.1) is 0 Å². The number of ether oxygens (including phenoxy) is 1. The summed E-state index contributed by atoms with van der Waals surface area (Å²) in [6.07, 6.45) is -0.0566. The number of benzene rings is 1. The minimum absolute atomic E-state index is 0.0566. The Hall–Kier alpha value is -0.970. The molecule has 96 valence electrons. The fourth-order valence-electron chi connectivity index (χ4n) is 0.841. The van der Waals surface area contributed by atoms with Crippen LogP contribution in [0.2, 0.25) is 10.0 Å². The molecular formula is C11H15Cl2NO3. The second kappa shape index (κ2) is 9.10. The van der Waals surface area contributed by atoms with Crippen LogP contribution in [0.1, 0.15) is 6.42 Å². The molecular weight excluding hydrogens is 265 g/mol. The minimum atomic E-state index is -0.907. The Balaban J connectivity index is 0.000000770. The van der Waals surface area contributed by atoms with Gasteiger partial charge in [-0.15, -0.1) is 0 Å². The summed E-state index contributed by atoms with van der Waals surface area (Å²) in [7, 11) is 3.75. The molecule has 2 N–H and O–H groups in total. The maximum atomic E-state index is 10.2. The molecule has 0 saturated carbocycles. The number of hydrogen-bond acceptors (Lipinski definition) is 3. The number of hydrogen-bond donors (Lipinski definition) is 2. The third kappa shape index (κ3) is 7.85. The molecule has 0 aliphatic heterocycles. The van der Waals surface area contributed by atoms with Crippen molar-refractivity contribution in [3.8, 4) is 5.75 Å². The van der Waals surface area contributed by atoms with Gasteiger partial charge in [0.25, 0.3) is 0 Å². The fourth-order valence-corrected chi connectivity index (χ4v) is 1.30. The third-order valence-corrected chi connectivity index (χ3v) is 2.00. The van der Waals surface area contributed by atoms with Crippen molar-refractivity contribution in [3.63, 3.8) is 0 Å². The van der Waals surface area contributed by atoms with Crippen LogP contribution in [0.4, 0.5) is 0 Å². The van der Waals surface area contributed by atoms with Gasteiger partial charge in [-0.1, -0.05) is 23.2 Å². The van der Waals surface area contributed by atoms with E-state index in [1.54, 1.807) is 18.2 Å². The van der Waals surface area contributed by atoms with E-state index in [9.17, 15) is 4.79 Å². The molecule has 0 spiro atoms. The van der Waals surface area contributed by atoms with E-state index in [0.717, 1.165) is 0 Å². The van der Waals surface area contributed by atoms with E-state index in [2.05, 4.69) is 5.32 Å². The first-order valence-corrected chi connectivity index (χ1v) is 5.65. The van der Waals surface area contributed by atoms with Gasteiger partial charge in [0.1, 0.15) is 5.75 Å².